The Bertz CT molecular complexity index is 1090. The van der Waals surface area contributed by atoms with Gasteiger partial charge >= 0.3 is 0 Å². The Hall–Kier alpha value is -2.15. The predicted molar refractivity (Wildman–Crippen MR) is 129 cm³/mol. The zero-order valence-electron chi connectivity index (χ0n) is 20.5. The van der Waals surface area contributed by atoms with Crippen LogP contribution in [0.15, 0.2) is 42.4 Å². The van der Waals surface area contributed by atoms with Crippen LogP contribution in [0.1, 0.15) is 94.4 Å². The van der Waals surface area contributed by atoms with Crippen LogP contribution in [-0.4, -0.2) is 0 Å². The number of pyridine rings is 1. The summed E-state index contributed by atoms with van der Waals surface area (Å²) in [5.74, 6) is 1.26. The number of hydrogen-bond acceptors (Lipinski definition) is 0. The number of fused-ring (bicyclic) bond motifs is 1. The summed E-state index contributed by atoms with van der Waals surface area (Å²) >= 11 is 0. The molecule has 1 aromatic heterocycles. The van der Waals surface area contributed by atoms with Crippen molar-refractivity contribution < 1.29 is 5.94 Å². The van der Waals surface area contributed by atoms with E-state index in [0.717, 1.165) is 23.9 Å². The number of rotatable bonds is 5. The van der Waals surface area contributed by atoms with Crippen LogP contribution in [0.3, 0.4) is 0 Å². The summed E-state index contributed by atoms with van der Waals surface area (Å²) in [5, 5.41) is 2.30. The summed E-state index contributed by atoms with van der Waals surface area (Å²) in [6.07, 6.45) is 9.02. The fraction of sp³-hybridized carbons (Fsp3) is 0.483. The van der Waals surface area contributed by atoms with Gasteiger partial charge in [-0.15, -0.1) is 0 Å². The Balaban J connectivity index is 1.93. The first-order valence-corrected chi connectivity index (χ1v) is 12.0. The van der Waals surface area contributed by atoms with Gasteiger partial charge in [0.25, 0.3) is 0 Å². The Morgan fingerprint density at radius 1 is 1.00 bits per heavy atom. The van der Waals surface area contributed by atoms with Gasteiger partial charge in [0.2, 0.25) is 5.69 Å². The summed E-state index contributed by atoms with van der Waals surface area (Å²) in [4.78, 5) is 0. The van der Waals surface area contributed by atoms with Crippen molar-refractivity contribution in [2.75, 3.05) is 0 Å². The monoisotopic (exact) mass is 401 g/mol. The van der Waals surface area contributed by atoms with Crippen LogP contribution in [0.4, 0.5) is 0 Å². The van der Waals surface area contributed by atoms with Gasteiger partial charge in [-0.1, -0.05) is 57.4 Å². The molecular formula is C29H38N+. The molecule has 1 heterocycles. The van der Waals surface area contributed by atoms with Crippen molar-refractivity contribution in [3.05, 3.63) is 64.8 Å². The fourth-order valence-electron chi connectivity index (χ4n) is 5.42. The first-order chi connectivity index (χ1) is 15.0. The van der Waals surface area contributed by atoms with E-state index in [1.54, 1.807) is 0 Å². The summed E-state index contributed by atoms with van der Waals surface area (Å²) in [6.45, 7) is 8.85. The minimum atomic E-state index is 0.567. The highest BCUT2D eigenvalue weighted by Crippen LogP contribution is 2.37. The highest BCUT2D eigenvalue weighted by atomic mass is 14.9. The second-order valence-electron chi connectivity index (χ2n) is 9.35. The van der Waals surface area contributed by atoms with E-state index < -0.39 is 0 Å². The van der Waals surface area contributed by atoms with E-state index in [-0.39, 0.29) is 0 Å². The molecule has 0 unspecified atom stereocenters. The lowest BCUT2D eigenvalue weighted by atomic mass is 9.82. The van der Waals surface area contributed by atoms with Crippen LogP contribution < -0.4 is 4.57 Å². The topological polar surface area (TPSA) is 3.88 Å². The second kappa shape index (κ2) is 8.92. The minimum absolute atomic E-state index is 0.567. The molecule has 0 N–H and O–H groups in total. The number of hydrogen-bond donors (Lipinski definition) is 0. The predicted octanol–water partition coefficient (Wildman–Crippen LogP) is 7.90. The van der Waals surface area contributed by atoms with E-state index >= 15 is 0 Å². The van der Waals surface area contributed by atoms with Gasteiger partial charge < -0.3 is 0 Å². The number of aryl methyl sites for hydroxylation is 1. The molecule has 4 rings (SSSR count). The van der Waals surface area contributed by atoms with Crippen LogP contribution >= 0.6 is 0 Å². The highest BCUT2D eigenvalue weighted by molar-refractivity contribution is 5.94. The minimum Gasteiger partial charge on any atom is -0.198 e. The molecule has 0 atom stereocenters. The van der Waals surface area contributed by atoms with E-state index in [4.69, 9.17) is 1.37 Å². The lowest BCUT2D eigenvalue weighted by Crippen LogP contribution is -2.35. The molecule has 1 heteroatoms. The van der Waals surface area contributed by atoms with Crippen LogP contribution in [0, 0.1) is 13.8 Å². The lowest BCUT2D eigenvalue weighted by molar-refractivity contribution is -0.665. The number of benzene rings is 2. The van der Waals surface area contributed by atoms with Crippen molar-refractivity contribution in [1.82, 2.24) is 0 Å². The van der Waals surface area contributed by atoms with Gasteiger partial charge in [0, 0.05) is 18.5 Å². The van der Waals surface area contributed by atoms with Crippen molar-refractivity contribution >= 4 is 10.8 Å². The van der Waals surface area contributed by atoms with Crippen molar-refractivity contribution in [3.63, 3.8) is 0 Å². The van der Waals surface area contributed by atoms with Crippen LogP contribution in [0.2, 0.25) is 0 Å². The first-order valence-electron chi connectivity index (χ1n) is 12.5. The normalized spacial score (nSPS) is 15.7. The molecule has 0 amide bonds. The maximum absolute atomic E-state index is 8.88. The van der Waals surface area contributed by atoms with Crippen LogP contribution in [0.5, 0.6) is 0 Å². The molecule has 1 aliphatic rings. The van der Waals surface area contributed by atoms with Gasteiger partial charge in [-0.3, -0.25) is 0 Å². The third-order valence-electron chi connectivity index (χ3n) is 7.50. The molecule has 0 radical (unpaired) electrons. The average Bonchev–Trinajstić information content (AvgIpc) is 2.80. The molecule has 1 fully saturated rings. The Morgan fingerprint density at radius 2 is 1.73 bits per heavy atom. The van der Waals surface area contributed by atoms with Crippen molar-refractivity contribution in [2.24, 2.45) is 7.05 Å². The zero-order valence-corrected chi connectivity index (χ0v) is 19.5. The molecular weight excluding hydrogens is 362 g/mol. The Labute approximate surface area is 184 Å². The number of aromatic nitrogens is 1. The lowest BCUT2D eigenvalue weighted by Gasteiger charge is -2.23. The van der Waals surface area contributed by atoms with E-state index in [2.05, 4.69) is 75.7 Å². The van der Waals surface area contributed by atoms with Gasteiger partial charge in [0.05, 0.1) is 6.76 Å². The van der Waals surface area contributed by atoms with E-state index in [1.807, 2.05) is 0 Å². The van der Waals surface area contributed by atoms with Gasteiger partial charge in [-0.05, 0) is 78.7 Å². The molecule has 1 nitrogen and oxygen atoms in total. The van der Waals surface area contributed by atoms with Crippen LogP contribution in [-0.2, 0) is 7.05 Å². The third-order valence-corrected chi connectivity index (χ3v) is 7.50. The number of nitrogens with zero attached hydrogens (tertiary/aromatic N) is 1. The second-order valence-corrected chi connectivity index (χ2v) is 9.35. The third kappa shape index (κ3) is 3.92. The smallest absolute Gasteiger partial charge is 0.198 e. The summed E-state index contributed by atoms with van der Waals surface area (Å²) in [6, 6.07) is 14.7. The Kier molecular flexibility index (Phi) is 5.88. The van der Waals surface area contributed by atoms with E-state index in [0.29, 0.717) is 17.9 Å². The van der Waals surface area contributed by atoms with Gasteiger partial charge in [-0.25, -0.2) is 0 Å². The van der Waals surface area contributed by atoms with Crippen LogP contribution in [0.25, 0.3) is 22.0 Å². The maximum Gasteiger partial charge on any atom is 0.220 e. The molecule has 0 spiro atoms. The maximum atomic E-state index is 8.88. The van der Waals surface area contributed by atoms with Crippen molar-refractivity contribution in [2.45, 2.75) is 84.5 Å². The van der Waals surface area contributed by atoms with E-state index in [9.17, 15) is 0 Å². The quantitative estimate of drug-likeness (QED) is 0.383. The summed E-state index contributed by atoms with van der Waals surface area (Å²) in [5.41, 5.74) is 7.81. The van der Waals surface area contributed by atoms with Gasteiger partial charge in [-0.2, -0.15) is 4.57 Å². The van der Waals surface area contributed by atoms with Crippen molar-refractivity contribution in [3.8, 4) is 11.3 Å². The summed E-state index contributed by atoms with van der Waals surface area (Å²) < 4.78 is 11.1. The van der Waals surface area contributed by atoms with Gasteiger partial charge in [0.1, 0.15) is 7.05 Å². The summed E-state index contributed by atoms with van der Waals surface area (Å²) in [7, 11) is 2.13. The van der Waals surface area contributed by atoms with E-state index in [1.165, 1.54) is 65.4 Å². The average molecular weight is 402 g/mol. The molecule has 30 heavy (non-hydrogen) atoms. The van der Waals surface area contributed by atoms with Gasteiger partial charge in [0.15, 0.2) is 5.69 Å². The SMILES string of the molecule is [2H]c1c(C)[n+](C)c(-c2cc(C3CCCCC3)ccc2C)c2ccc(C(CC)CC)cc12. The molecule has 0 aliphatic heterocycles. The molecule has 0 bridgehead atoms. The zero-order chi connectivity index (χ0) is 22.1. The molecule has 0 saturated heterocycles. The standard InChI is InChI=1S/C29H38N/c1-6-22(7-2)24-15-16-27-26(18-24)17-21(4)30(5)29(27)28-19-25(14-13-20(28)3)23-11-9-8-10-12-23/h13-19,22-23H,6-12H2,1-5H3/q+1/i17D. The van der Waals surface area contributed by atoms with Crippen molar-refractivity contribution in [1.29, 1.82) is 0 Å². The highest BCUT2D eigenvalue weighted by Gasteiger charge is 2.23. The molecule has 158 valence electrons. The molecule has 1 aliphatic carbocycles. The first kappa shape index (κ1) is 19.8. The largest absolute Gasteiger partial charge is 0.220 e. The Morgan fingerprint density at radius 3 is 2.43 bits per heavy atom. The molecule has 2 aromatic carbocycles. The molecule has 1 saturated carbocycles. The molecule has 3 aromatic rings. The fourth-order valence-corrected chi connectivity index (χ4v) is 5.42.